The Morgan fingerprint density at radius 3 is 0.657 bits per heavy atom. The molecule has 0 radical (unpaired) electrons. The molecule has 4 rings (SSSR count). The second-order valence-electron chi connectivity index (χ2n) is 6.36. The van der Waals surface area contributed by atoms with Crippen molar-refractivity contribution < 1.29 is 92.1 Å². The van der Waals surface area contributed by atoms with Gasteiger partial charge in [-0.2, -0.15) is 0 Å². The van der Waals surface area contributed by atoms with Crippen LogP contribution in [0.3, 0.4) is 0 Å². The second kappa shape index (κ2) is 18.1. The molecule has 0 aromatic heterocycles. The van der Waals surface area contributed by atoms with Crippen molar-refractivity contribution in [2.45, 2.75) is 0 Å². The molecule has 0 amide bonds. The van der Waals surface area contributed by atoms with Crippen LogP contribution in [-0.2, 0) is 0 Å². The Morgan fingerprint density at radius 1 is 0.371 bits per heavy atom. The molecule has 4 aromatic carbocycles. The first-order chi connectivity index (χ1) is 15.3. The molecule has 4 aromatic rings. The van der Waals surface area contributed by atoms with E-state index in [-0.39, 0.29) is 79.6 Å². The van der Waals surface area contributed by atoms with Crippen molar-refractivity contribution in [2.75, 3.05) is 0 Å². The normalized spacial score (nSPS) is 8.77. The number of hydrogen-bond acceptors (Lipinski definition) is 7. The number of phenolic OH excluding ortho intramolecular Hbond substituents is 4. The second-order valence-corrected chi connectivity index (χ2v) is 6.36. The predicted molar refractivity (Wildman–Crippen MR) is 116 cm³/mol. The van der Waals surface area contributed by atoms with Gasteiger partial charge in [0.15, 0.2) is 0 Å². The third-order valence-electron chi connectivity index (χ3n) is 4.20. The maximum absolute atomic E-state index is 9.58. The van der Waals surface area contributed by atoms with Crippen LogP contribution < -0.4 is 71.7 Å². The van der Waals surface area contributed by atoms with Gasteiger partial charge in [0, 0.05) is 22.3 Å². The van der Waals surface area contributed by atoms with Crippen molar-refractivity contribution >= 4 is 7.32 Å². The van der Waals surface area contributed by atoms with Crippen LogP contribution in [0.25, 0.3) is 22.3 Å². The first kappa shape index (κ1) is 35.0. The first-order valence-electron chi connectivity index (χ1n) is 9.41. The Kier molecular flexibility index (Phi) is 18.1. The molecule has 0 bridgehead atoms. The van der Waals surface area contributed by atoms with Crippen LogP contribution in [0, 0.1) is 0 Å². The fraction of sp³-hybridized carbons (Fsp3) is 0. The summed E-state index contributed by atoms with van der Waals surface area (Å²) >= 11 is 0. The number of hydrogen-bond donors (Lipinski definition) is 4. The van der Waals surface area contributed by atoms with Gasteiger partial charge in [-0.25, -0.2) is 0 Å². The van der Waals surface area contributed by atoms with Gasteiger partial charge in [0.1, 0.15) is 23.0 Å². The third-order valence-corrected chi connectivity index (χ3v) is 4.20. The quantitative estimate of drug-likeness (QED) is 0.221. The molecule has 164 valence electrons. The molecule has 0 saturated carbocycles. The number of rotatable bonds is 2. The van der Waals surface area contributed by atoms with Gasteiger partial charge in [-0.15, -0.1) is 0 Å². The van der Waals surface area contributed by atoms with E-state index in [0.717, 1.165) is 0 Å². The van der Waals surface area contributed by atoms with Crippen LogP contribution in [0.5, 0.6) is 23.0 Å². The van der Waals surface area contributed by atoms with E-state index in [1.807, 2.05) is 24.3 Å². The number of phenols is 4. The van der Waals surface area contributed by atoms with E-state index in [1.165, 1.54) is 0 Å². The third kappa shape index (κ3) is 11.4. The van der Waals surface area contributed by atoms with Crippen LogP contribution >= 0.6 is 0 Å². The molecular formula is C24H20BLi3O7. The summed E-state index contributed by atoms with van der Waals surface area (Å²) in [6, 6.07) is 27.7. The van der Waals surface area contributed by atoms with Crippen LogP contribution in [0.2, 0.25) is 0 Å². The molecule has 11 heteroatoms. The maximum Gasteiger partial charge on any atom is 1.00 e. The summed E-state index contributed by atoms with van der Waals surface area (Å²) in [6.45, 7) is 0. The maximum atomic E-state index is 9.58. The van der Waals surface area contributed by atoms with Crippen molar-refractivity contribution in [1.29, 1.82) is 0 Å². The molecule has 7 nitrogen and oxygen atoms in total. The minimum atomic E-state index is -2.92. The molecule has 0 aliphatic carbocycles. The van der Waals surface area contributed by atoms with E-state index in [4.69, 9.17) is 15.1 Å². The standard InChI is InChI=1S/2C12H10O2.BO3.3Li/c2*13-11-7-3-1-5-9(11)10-6-2-4-8-12(10)14;2-1(3)4;;;/h2*1-8,13-14H;;;;/q;;-3;3*+1. The van der Waals surface area contributed by atoms with Gasteiger partial charge >= 0.3 is 56.6 Å². The number of benzene rings is 4. The molecule has 0 unspecified atom stereocenters. The summed E-state index contributed by atoms with van der Waals surface area (Å²) in [5.41, 5.74) is 2.58. The monoisotopic (exact) mass is 452 g/mol. The van der Waals surface area contributed by atoms with Gasteiger partial charge in [-0.05, 0) is 24.3 Å². The fourth-order valence-electron chi connectivity index (χ4n) is 2.81. The molecule has 0 spiro atoms. The molecule has 4 N–H and O–H groups in total. The Bertz CT molecular complexity index is 970. The van der Waals surface area contributed by atoms with Crippen LogP contribution in [0.15, 0.2) is 97.1 Å². The molecule has 0 atom stereocenters. The van der Waals surface area contributed by atoms with Gasteiger partial charge in [-0.3, -0.25) is 7.32 Å². The van der Waals surface area contributed by atoms with Crippen molar-refractivity contribution in [3.05, 3.63) is 97.1 Å². The van der Waals surface area contributed by atoms with Gasteiger partial charge < -0.3 is 35.5 Å². The zero-order chi connectivity index (χ0) is 23.5. The molecule has 0 saturated heterocycles. The molecule has 0 heterocycles. The Balaban J connectivity index is 0. The average Bonchev–Trinajstić information content (AvgIpc) is 2.76. The first-order valence-corrected chi connectivity index (χ1v) is 9.41. The van der Waals surface area contributed by atoms with Gasteiger partial charge in [0.2, 0.25) is 0 Å². The van der Waals surface area contributed by atoms with Crippen molar-refractivity contribution in [1.82, 2.24) is 0 Å². The summed E-state index contributed by atoms with van der Waals surface area (Å²) < 4.78 is 0. The van der Waals surface area contributed by atoms with Crippen LogP contribution in [0.4, 0.5) is 0 Å². The van der Waals surface area contributed by atoms with E-state index in [0.29, 0.717) is 22.3 Å². The summed E-state index contributed by atoms with van der Waals surface area (Å²) in [7, 11) is -2.92. The molecule has 0 aliphatic heterocycles. The molecular weight excluding hydrogens is 432 g/mol. The molecule has 0 fully saturated rings. The summed E-state index contributed by atoms with van der Waals surface area (Å²) in [5.74, 6) is 0.700. The van der Waals surface area contributed by atoms with E-state index in [9.17, 15) is 20.4 Å². The van der Waals surface area contributed by atoms with Crippen LogP contribution in [-0.4, -0.2) is 27.7 Å². The van der Waals surface area contributed by atoms with Gasteiger partial charge in [0.05, 0.1) is 0 Å². The Morgan fingerprint density at radius 2 is 0.514 bits per heavy atom. The number of aromatic hydroxyl groups is 4. The van der Waals surface area contributed by atoms with Gasteiger partial charge in [0.25, 0.3) is 0 Å². The van der Waals surface area contributed by atoms with Gasteiger partial charge in [-0.1, -0.05) is 72.8 Å². The van der Waals surface area contributed by atoms with Crippen molar-refractivity contribution in [3.63, 3.8) is 0 Å². The summed E-state index contributed by atoms with van der Waals surface area (Å²) in [4.78, 5) is 0. The predicted octanol–water partition coefficient (Wildman–Crippen LogP) is -7.41. The summed E-state index contributed by atoms with van der Waals surface area (Å²) in [6.07, 6.45) is 0. The Hall–Kier alpha value is -2.18. The van der Waals surface area contributed by atoms with E-state index < -0.39 is 7.32 Å². The SMILES string of the molecule is Oc1ccccc1-c1ccccc1O.Oc1ccccc1-c1ccccc1O.[Li+].[Li+].[Li+].[O-]B([O-])[O-]. The zero-order valence-corrected chi connectivity index (χ0v) is 19.8. The molecule has 35 heavy (non-hydrogen) atoms. The topological polar surface area (TPSA) is 150 Å². The zero-order valence-electron chi connectivity index (χ0n) is 19.8. The minimum Gasteiger partial charge on any atom is -0.907 e. The summed E-state index contributed by atoms with van der Waals surface area (Å²) in [5, 5.41) is 63.6. The fourth-order valence-corrected chi connectivity index (χ4v) is 2.81. The van der Waals surface area contributed by atoms with Crippen LogP contribution in [0.1, 0.15) is 0 Å². The average molecular weight is 452 g/mol. The van der Waals surface area contributed by atoms with Crippen molar-refractivity contribution in [2.24, 2.45) is 0 Å². The Labute approximate surface area is 240 Å². The number of para-hydroxylation sites is 4. The largest absolute Gasteiger partial charge is 1.00 e. The smallest absolute Gasteiger partial charge is 0.907 e. The van der Waals surface area contributed by atoms with Crippen molar-refractivity contribution in [3.8, 4) is 45.3 Å². The van der Waals surface area contributed by atoms with E-state index >= 15 is 0 Å². The minimum absolute atomic E-state index is 0. The molecule has 0 aliphatic rings. The van der Waals surface area contributed by atoms with E-state index in [2.05, 4.69) is 0 Å². The van der Waals surface area contributed by atoms with E-state index in [1.54, 1.807) is 72.8 Å².